The molecule has 0 unspecified atom stereocenters. The normalized spacial score (nSPS) is 11.3. The van der Waals surface area contributed by atoms with Crippen molar-refractivity contribution in [2.45, 2.75) is 33.1 Å². The van der Waals surface area contributed by atoms with Gasteiger partial charge in [-0.3, -0.25) is 0 Å². The monoisotopic (exact) mass is 229 g/mol. The molecular weight excluding hydrogens is 210 g/mol. The van der Waals surface area contributed by atoms with Crippen LogP contribution in [-0.4, -0.2) is 40.2 Å². The number of hydrogen-bond donors (Lipinski definition) is 1. The van der Waals surface area contributed by atoms with Gasteiger partial charge >= 0.3 is 0 Å². The van der Waals surface area contributed by atoms with Crippen LogP contribution in [0.3, 0.4) is 0 Å². The van der Waals surface area contributed by atoms with Crippen LogP contribution in [-0.2, 0) is 22.7 Å². The van der Waals surface area contributed by atoms with Gasteiger partial charge < -0.3 is 19.1 Å². The molecule has 92 valence electrons. The van der Waals surface area contributed by atoms with E-state index in [9.17, 15) is 0 Å². The van der Waals surface area contributed by atoms with Crippen molar-refractivity contribution in [3.05, 3.63) is 11.6 Å². The van der Waals surface area contributed by atoms with E-state index in [4.69, 9.17) is 14.6 Å². The molecule has 0 aliphatic heterocycles. The van der Waals surface area contributed by atoms with Gasteiger partial charge in [-0.1, -0.05) is 0 Å². The average Bonchev–Trinajstić information content (AvgIpc) is 2.67. The van der Waals surface area contributed by atoms with Crippen molar-refractivity contribution in [3.63, 3.8) is 0 Å². The maximum absolute atomic E-state index is 9.11. The molecule has 1 heterocycles. The van der Waals surface area contributed by atoms with Crippen molar-refractivity contribution in [2.75, 3.05) is 20.3 Å². The first-order valence-corrected chi connectivity index (χ1v) is 5.30. The van der Waals surface area contributed by atoms with E-state index in [0.717, 1.165) is 5.82 Å². The third-order valence-electron chi connectivity index (χ3n) is 2.16. The molecule has 0 bridgehead atoms. The Labute approximate surface area is 95.2 Å². The Balaban J connectivity index is 2.61. The number of rotatable bonds is 7. The zero-order valence-corrected chi connectivity index (χ0v) is 10.0. The van der Waals surface area contributed by atoms with Crippen molar-refractivity contribution >= 4 is 0 Å². The average molecular weight is 229 g/mol. The highest BCUT2D eigenvalue weighted by Gasteiger charge is 2.13. The van der Waals surface area contributed by atoms with Crippen LogP contribution in [0.15, 0.2) is 0 Å². The summed E-state index contributed by atoms with van der Waals surface area (Å²) in [6.07, 6.45) is 0. The molecule has 0 fully saturated rings. The number of aliphatic hydroxyl groups is 1. The molecule has 0 saturated carbocycles. The largest absolute Gasteiger partial charge is 0.388 e. The molecule has 0 radical (unpaired) electrons. The van der Waals surface area contributed by atoms with E-state index in [1.165, 1.54) is 0 Å². The Hall–Kier alpha value is -0.980. The molecule has 0 aliphatic rings. The van der Waals surface area contributed by atoms with E-state index in [0.29, 0.717) is 25.6 Å². The fourth-order valence-corrected chi connectivity index (χ4v) is 1.47. The van der Waals surface area contributed by atoms with Gasteiger partial charge in [0.2, 0.25) is 0 Å². The van der Waals surface area contributed by atoms with Gasteiger partial charge in [-0.2, -0.15) is 0 Å². The fraction of sp³-hybridized carbons (Fsp3) is 0.800. The zero-order valence-electron chi connectivity index (χ0n) is 10.0. The van der Waals surface area contributed by atoms with Crippen LogP contribution in [0.4, 0.5) is 0 Å². The highest BCUT2D eigenvalue weighted by molar-refractivity contribution is 4.95. The first-order valence-electron chi connectivity index (χ1n) is 5.30. The second-order valence-corrected chi connectivity index (χ2v) is 3.70. The maximum Gasteiger partial charge on any atom is 0.159 e. The minimum atomic E-state index is -0.108. The predicted octanol–water partition coefficient (Wildman–Crippen LogP) is 0.514. The van der Waals surface area contributed by atoms with Crippen molar-refractivity contribution in [2.24, 2.45) is 0 Å². The number of hydrogen-bond acceptors (Lipinski definition) is 5. The predicted molar refractivity (Wildman–Crippen MR) is 57.9 cm³/mol. The van der Waals surface area contributed by atoms with Gasteiger partial charge in [0.05, 0.1) is 13.2 Å². The van der Waals surface area contributed by atoms with E-state index in [1.54, 1.807) is 7.11 Å². The minimum absolute atomic E-state index is 0.108. The minimum Gasteiger partial charge on any atom is -0.388 e. The van der Waals surface area contributed by atoms with Gasteiger partial charge in [0.25, 0.3) is 0 Å². The second-order valence-electron chi connectivity index (χ2n) is 3.70. The summed E-state index contributed by atoms with van der Waals surface area (Å²) in [4.78, 5) is 0. The lowest BCUT2D eigenvalue weighted by Crippen LogP contribution is -2.12. The SMILES string of the molecule is COCCOCc1nnc(CO)n1C(C)C. The Morgan fingerprint density at radius 2 is 1.94 bits per heavy atom. The smallest absolute Gasteiger partial charge is 0.159 e. The fourth-order valence-electron chi connectivity index (χ4n) is 1.47. The lowest BCUT2D eigenvalue weighted by Gasteiger charge is -2.12. The Morgan fingerprint density at radius 1 is 1.25 bits per heavy atom. The lowest BCUT2D eigenvalue weighted by atomic mass is 10.3. The zero-order chi connectivity index (χ0) is 12.0. The summed E-state index contributed by atoms with van der Waals surface area (Å²) in [5.41, 5.74) is 0. The molecule has 1 N–H and O–H groups in total. The van der Waals surface area contributed by atoms with Gasteiger partial charge in [-0.05, 0) is 13.8 Å². The molecule has 0 aromatic carbocycles. The van der Waals surface area contributed by atoms with E-state index in [1.807, 2.05) is 18.4 Å². The summed E-state index contributed by atoms with van der Waals surface area (Å²) >= 11 is 0. The molecule has 1 rings (SSSR count). The summed E-state index contributed by atoms with van der Waals surface area (Å²) in [5.74, 6) is 1.30. The molecule has 1 aromatic rings. The molecule has 0 saturated heterocycles. The summed E-state index contributed by atoms with van der Waals surface area (Å²) in [5, 5.41) is 17.0. The first-order chi connectivity index (χ1) is 7.70. The Bertz CT molecular complexity index is 312. The van der Waals surface area contributed by atoms with Crippen molar-refractivity contribution in [3.8, 4) is 0 Å². The highest BCUT2D eigenvalue weighted by Crippen LogP contribution is 2.12. The molecule has 0 aliphatic carbocycles. The van der Waals surface area contributed by atoms with E-state index >= 15 is 0 Å². The maximum atomic E-state index is 9.11. The summed E-state index contributed by atoms with van der Waals surface area (Å²) in [7, 11) is 1.63. The van der Waals surface area contributed by atoms with Crippen LogP contribution in [0.25, 0.3) is 0 Å². The topological polar surface area (TPSA) is 69.4 Å². The summed E-state index contributed by atoms with van der Waals surface area (Å²) in [6, 6.07) is 0.207. The number of ether oxygens (including phenoxy) is 2. The van der Waals surface area contributed by atoms with E-state index in [-0.39, 0.29) is 12.6 Å². The highest BCUT2D eigenvalue weighted by atomic mass is 16.5. The van der Waals surface area contributed by atoms with Crippen molar-refractivity contribution in [1.29, 1.82) is 0 Å². The second kappa shape index (κ2) is 6.57. The van der Waals surface area contributed by atoms with Gasteiger partial charge in [-0.25, -0.2) is 0 Å². The van der Waals surface area contributed by atoms with Crippen molar-refractivity contribution < 1.29 is 14.6 Å². The molecule has 0 amide bonds. The van der Waals surface area contributed by atoms with Crippen LogP contribution in [0, 0.1) is 0 Å². The molecule has 16 heavy (non-hydrogen) atoms. The third kappa shape index (κ3) is 3.26. The van der Waals surface area contributed by atoms with Gasteiger partial charge in [0.15, 0.2) is 11.6 Å². The van der Waals surface area contributed by atoms with E-state index < -0.39 is 0 Å². The number of aromatic nitrogens is 3. The first kappa shape index (κ1) is 13.1. The third-order valence-corrected chi connectivity index (χ3v) is 2.16. The lowest BCUT2D eigenvalue weighted by molar-refractivity contribution is 0.0566. The Kier molecular flexibility index (Phi) is 5.37. The van der Waals surface area contributed by atoms with Gasteiger partial charge in [0, 0.05) is 13.2 Å². The van der Waals surface area contributed by atoms with Crippen LogP contribution in [0.5, 0.6) is 0 Å². The molecule has 6 heteroatoms. The molecule has 0 atom stereocenters. The van der Waals surface area contributed by atoms with Crippen LogP contribution < -0.4 is 0 Å². The van der Waals surface area contributed by atoms with Crippen LogP contribution in [0.2, 0.25) is 0 Å². The van der Waals surface area contributed by atoms with Gasteiger partial charge in [0.1, 0.15) is 13.2 Å². The summed E-state index contributed by atoms with van der Waals surface area (Å²) < 4.78 is 12.1. The summed E-state index contributed by atoms with van der Waals surface area (Å²) in [6.45, 7) is 5.39. The molecular formula is C10H19N3O3. The number of nitrogens with zero attached hydrogens (tertiary/aromatic N) is 3. The van der Waals surface area contributed by atoms with E-state index in [2.05, 4.69) is 10.2 Å². The quantitative estimate of drug-likeness (QED) is 0.690. The van der Waals surface area contributed by atoms with Gasteiger partial charge in [-0.15, -0.1) is 10.2 Å². The standard InChI is InChI=1S/C10H19N3O3/c1-8(2)13-9(6-14)11-12-10(13)7-16-5-4-15-3/h8,14H,4-7H2,1-3H3. The van der Waals surface area contributed by atoms with Crippen LogP contribution >= 0.6 is 0 Å². The molecule has 6 nitrogen and oxygen atoms in total. The van der Waals surface area contributed by atoms with Crippen LogP contribution in [0.1, 0.15) is 31.5 Å². The number of aliphatic hydroxyl groups excluding tert-OH is 1. The molecule has 0 spiro atoms. The van der Waals surface area contributed by atoms with Crippen molar-refractivity contribution in [1.82, 2.24) is 14.8 Å². The number of methoxy groups -OCH3 is 1. The molecule has 1 aromatic heterocycles. The Morgan fingerprint density at radius 3 is 2.50 bits per heavy atom.